The molecule has 0 aromatic carbocycles. The van der Waals surface area contributed by atoms with Gasteiger partial charge in [0.2, 0.25) is 0 Å². The van der Waals surface area contributed by atoms with E-state index in [9.17, 15) is 31.6 Å². The van der Waals surface area contributed by atoms with E-state index in [-0.39, 0.29) is 27.7 Å². The fourth-order valence-electron chi connectivity index (χ4n) is 3.51. The summed E-state index contributed by atoms with van der Waals surface area (Å²) in [5.41, 5.74) is -3.07. The molecule has 3 aromatic heterocycles. The van der Waals surface area contributed by atoms with Crippen LogP contribution in [0.3, 0.4) is 0 Å². The zero-order valence-corrected chi connectivity index (χ0v) is 18.8. The third-order valence-electron chi connectivity index (χ3n) is 5.68. The second-order valence-electron chi connectivity index (χ2n) is 8.48. The minimum atomic E-state index is -4.75. The molecule has 0 aliphatic heterocycles. The van der Waals surface area contributed by atoms with Crippen molar-refractivity contribution in [2.45, 2.75) is 56.1 Å². The molecule has 1 fully saturated rings. The van der Waals surface area contributed by atoms with Crippen LogP contribution < -0.4 is 5.69 Å². The van der Waals surface area contributed by atoms with E-state index < -0.39 is 38.9 Å². The SMILES string of the molecule is CCS(=O)(=O)c1cc(C(C)(C)C#N)cnc1-c1cn2c(=O)n(C3CC3)c(C(F)(F)F)cc2n1. The quantitative estimate of drug-likeness (QED) is 0.554. The number of fused-ring (bicyclic) bond motifs is 1. The molecule has 0 saturated heterocycles. The number of rotatable bonds is 5. The second-order valence-corrected chi connectivity index (χ2v) is 10.7. The Balaban J connectivity index is 1.99. The van der Waals surface area contributed by atoms with Crippen molar-refractivity contribution in [3.05, 3.63) is 46.3 Å². The molecule has 1 aliphatic rings. The van der Waals surface area contributed by atoms with E-state index in [1.807, 2.05) is 0 Å². The van der Waals surface area contributed by atoms with Crippen LogP contribution in [0.1, 0.15) is 50.9 Å². The first-order chi connectivity index (χ1) is 15.3. The van der Waals surface area contributed by atoms with E-state index in [1.165, 1.54) is 25.4 Å². The van der Waals surface area contributed by atoms with Gasteiger partial charge in [-0.05, 0) is 38.3 Å². The monoisotopic (exact) mass is 479 g/mol. The summed E-state index contributed by atoms with van der Waals surface area (Å²) in [4.78, 5) is 21.0. The zero-order chi connectivity index (χ0) is 24.3. The van der Waals surface area contributed by atoms with E-state index in [4.69, 9.17) is 0 Å². The highest BCUT2D eigenvalue weighted by atomic mass is 32.2. The summed E-state index contributed by atoms with van der Waals surface area (Å²) in [5, 5.41) is 9.41. The standard InChI is InChI=1S/C21H20F3N5O3S/c1-4-33(31,32)15-7-12(20(2,3)11-25)9-26-18(15)14-10-28-17(27-14)8-16(21(22,23)24)29(19(28)30)13-5-6-13/h7-10,13H,4-6H2,1-3H3. The first-order valence-corrected chi connectivity index (χ1v) is 11.8. The van der Waals surface area contributed by atoms with Crippen molar-refractivity contribution in [1.29, 1.82) is 5.26 Å². The number of pyridine rings is 1. The van der Waals surface area contributed by atoms with Gasteiger partial charge in [-0.2, -0.15) is 18.4 Å². The van der Waals surface area contributed by atoms with Gasteiger partial charge in [0.05, 0.1) is 22.1 Å². The summed E-state index contributed by atoms with van der Waals surface area (Å²) in [6, 6.07) is 3.66. The number of nitrogens with zero attached hydrogens (tertiary/aromatic N) is 5. The van der Waals surface area contributed by atoms with Gasteiger partial charge in [-0.25, -0.2) is 18.2 Å². The molecule has 1 aliphatic carbocycles. The van der Waals surface area contributed by atoms with Crippen LogP contribution in [0.2, 0.25) is 0 Å². The molecule has 174 valence electrons. The number of sulfone groups is 1. The lowest BCUT2D eigenvalue weighted by atomic mass is 9.87. The van der Waals surface area contributed by atoms with Gasteiger partial charge in [0.15, 0.2) is 9.84 Å². The summed E-state index contributed by atoms with van der Waals surface area (Å²) < 4.78 is 68.2. The number of imidazole rings is 1. The van der Waals surface area contributed by atoms with E-state index >= 15 is 0 Å². The lowest BCUT2D eigenvalue weighted by Crippen LogP contribution is -2.31. The average molecular weight is 479 g/mol. The van der Waals surface area contributed by atoms with Gasteiger partial charge >= 0.3 is 11.9 Å². The number of alkyl halides is 3. The minimum absolute atomic E-state index is 0.0536. The number of hydrogen-bond donors (Lipinski definition) is 0. The highest BCUT2D eigenvalue weighted by Gasteiger charge is 2.40. The molecule has 8 nitrogen and oxygen atoms in total. The van der Waals surface area contributed by atoms with Crippen molar-refractivity contribution >= 4 is 15.5 Å². The summed E-state index contributed by atoms with van der Waals surface area (Å²) >= 11 is 0. The third-order valence-corrected chi connectivity index (χ3v) is 7.43. The smallest absolute Gasteiger partial charge is 0.286 e. The van der Waals surface area contributed by atoms with Crippen molar-refractivity contribution in [3.63, 3.8) is 0 Å². The molecule has 0 atom stereocenters. The van der Waals surface area contributed by atoms with Crippen LogP contribution in [-0.2, 0) is 21.4 Å². The molecule has 0 radical (unpaired) electrons. The Bertz CT molecular complexity index is 1480. The normalized spacial score (nSPS) is 15.1. The van der Waals surface area contributed by atoms with Crippen LogP contribution in [0, 0.1) is 11.3 Å². The first kappa shape index (κ1) is 23.0. The van der Waals surface area contributed by atoms with E-state index in [2.05, 4.69) is 16.0 Å². The summed E-state index contributed by atoms with van der Waals surface area (Å²) in [5.74, 6) is -0.266. The molecule has 0 bridgehead atoms. The molecule has 0 unspecified atom stereocenters. The summed E-state index contributed by atoms with van der Waals surface area (Å²) in [7, 11) is -3.84. The van der Waals surface area contributed by atoms with Gasteiger partial charge in [0, 0.05) is 24.5 Å². The molecule has 1 saturated carbocycles. The zero-order valence-electron chi connectivity index (χ0n) is 18.0. The van der Waals surface area contributed by atoms with Gasteiger partial charge in [-0.3, -0.25) is 14.0 Å². The predicted octanol–water partition coefficient (Wildman–Crippen LogP) is 3.51. The Labute approximate surface area is 187 Å². The van der Waals surface area contributed by atoms with Gasteiger partial charge in [0.1, 0.15) is 22.7 Å². The number of nitriles is 1. The molecule has 0 spiro atoms. The molecule has 3 heterocycles. The van der Waals surface area contributed by atoms with Crippen LogP contribution in [0.4, 0.5) is 13.2 Å². The maximum Gasteiger partial charge on any atom is 0.431 e. The van der Waals surface area contributed by atoms with E-state index in [1.54, 1.807) is 13.8 Å². The number of hydrogen-bond acceptors (Lipinski definition) is 6. The van der Waals surface area contributed by atoms with Crippen LogP contribution in [-0.4, -0.2) is 33.1 Å². The Morgan fingerprint density at radius 2 is 1.91 bits per heavy atom. The Kier molecular flexibility index (Phi) is 5.16. The topological polar surface area (TPSA) is 110 Å². The second kappa shape index (κ2) is 7.41. The number of halogens is 3. The van der Waals surface area contributed by atoms with E-state index in [0.29, 0.717) is 23.0 Å². The molecule has 0 amide bonds. The lowest BCUT2D eigenvalue weighted by molar-refractivity contribution is -0.144. The molecule has 33 heavy (non-hydrogen) atoms. The molecule has 4 rings (SSSR count). The molecule has 12 heteroatoms. The largest absolute Gasteiger partial charge is 0.431 e. The predicted molar refractivity (Wildman–Crippen MR) is 112 cm³/mol. The van der Waals surface area contributed by atoms with Crippen LogP contribution in [0.15, 0.2) is 34.2 Å². The van der Waals surface area contributed by atoms with Gasteiger partial charge in [-0.15, -0.1) is 0 Å². The van der Waals surface area contributed by atoms with Gasteiger partial charge in [0.25, 0.3) is 0 Å². The third kappa shape index (κ3) is 3.90. The van der Waals surface area contributed by atoms with E-state index in [0.717, 1.165) is 10.5 Å². The summed E-state index contributed by atoms with van der Waals surface area (Å²) in [6.45, 7) is 4.65. The minimum Gasteiger partial charge on any atom is -0.286 e. The van der Waals surface area contributed by atoms with Crippen LogP contribution in [0.5, 0.6) is 0 Å². The van der Waals surface area contributed by atoms with Gasteiger partial charge < -0.3 is 0 Å². The highest BCUT2D eigenvalue weighted by Crippen LogP contribution is 2.39. The van der Waals surface area contributed by atoms with Crippen LogP contribution >= 0.6 is 0 Å². The van der Waals surface area contributed by atoms with Crippen molar-refractivity contribution in [3.8, 4) is 17.5 Å². The lowest BCUT2D eigenvalue weighted by Gasteiger charge is -2.17. The fraction of sp³-hybridized carbons (Fsp3) is 0.429. The first-order valence-electron chi connectivity index (χ1n) is 10.2. The van der Waals surface area contributed by atoms with Crippen molar-refractivity contribution < 1.29 is 21.6 Å². The van der Waals surface area contributed by atoms with Crippen molar-refractivity contribution in [2.24, 2.45) is 0 Å². The average Bonchev–Trinajstić information content (AvgIpc) is 3.50. The Morgan fingerprint density at radius 1 is 1.24 bits per heavy atom. The van der Waals surface area contributed by atoms with Crippen molar-refractivity contribution in [2.75, 3.05) is 5.75 Å². The Morgan fingerprint density at radius 3 is 2.45 bits per heavy atom. The van der Waals surface area contributed by atoms with Crippen LogP contribution in [0.25, 0.3) is 17.0 Å². The Hall–Kier alpha value is -3.20. The maximum atomic E-state index is 13.6. The molecular formula is C21H20F3N5O3S. The fourth-order valence-corrected chi connectivity index (χ4v) is 4.58. The maximum absolute atomic E-state index is 13.6. The molecular weight excluding hydrogens is 459 g/mol. The summed E-state index contributed by atoms with van der Waals surface area (Å²) in [6.07, 6.45) is -1.29. The molecule has 0 N–H and O–H groups in total. The van der Waals surface area contributed by atoms with Crippen molar-refractivity contribution in [1.82, 2.24) is 18.9 Å². The van der Waals surface area contributed by atoms with Gasteiger partial charge in [-0.1, -0.05) is 6.92 Å². The molecule has 3 aromatic rings. The highest BCUT2D eigenvalue weighted by molar-refractivity contribution is 7.91. The number of aromatic nitrogens is 4.